The lowest BCUT2D eigenvalue weighted by Crippen LogP contribution is -2.47. The topological polar surface area (TPSA) is 66.6 Å². The van der Waals surface area contributed by atoms with E-state index in [4.69, 9.17) is 5.73 Å². The number of rotatable bonds is 3. The summed E-state index contributed by atoms with van der Waals surface area (Å²) in [6.45, 7) is 5.65. The van der Waals surface area contributed by atoms with E-state index < -0.39 is 0 Å². The zero-order chi connectivity index (χ0) is 11.4. The number of aliphatic hydroxyl groups is 1. The highest BCUT2D eigenvalue weighted by atomic mass is 16.3. The van der Waals surface area contributed by atoms with Gasteiger partial charge in [0.1, 0.15) is 0 Å². The van der Waals surface area contributed by atoms with E-state index >= 15 is 0 Å². The molecule has 2 atom stereocenters. The van der Waals surface area contributed by atoms with Crippen LogP contribution in [0.5, 0.6) is 0 Å². The maximum Gasteiger partial charge on any atom is 0.227 e. The third-order valence-electron chi connectivity index (χ3n) is 3.08. The fraction of sp³-hybridized carbons (Fsp3) is 0.909. The Morgan fingerprint density at radius 3 is 2.73 bits per heavy atom. The number of β-amino-alcohol motifs (C(OH)–C–C–N with tert-alkyl or cyclic N) is 1. The molecular weight excluding hydrogens is 192 g/mol. The molecule has 88 valence electrons. The van der Waals surface area contributed by atoms with E-state index in [0.717, 1.165) is 19.4 Å². The first-order valence-electron chi connectivity index (χ1n) is 5.73. The Balaban J connectivity index is 2.57. The number of amides is 1. The van der Waals surface area contributed by atoms with Crippen LogP contribution < -0.4 is 5.73 Å². The number of piperidine rings is 1. The van der Waals surface area contributed by atoms with E-state index in [1.165, 1.54) is 0 Å². The number of carbonyl (C=O) groups excluding carboxylic acids is 1. The molecule has 3 N–H and O–H groups in total. The van der Waals surface area contributed by atoms with Crippen molar-refractivity contribution in [3.8, 4) is 0 Å². The zero-order valence-corrected chi connectivity index (χ0v) is 9.65. The maximum absolute atomic E-state index is 12.1. The summed E-state index contributed by atoms with van der Waals surface area (Å²) in [6.07, 6.45) is 1.34. The van der Waals surface area contributed by atoms with Crippen molar-refractivity contribution < 1.29 is 9.90 Å². The van der Waals surface area contributed by atoms with Gasteiger partial charge in [-0.15, -0.1) is 0 Å². The fourth-order valence-corrected chi connectivity index (χ4v) is 2.05. The third-order valence-corrected chi connectivity index (χ3v) is 3.08. The predicted molar refractivity (Wildman–Crippen MR) is 59.2 cm³/mol. The van der Waals surface area contributed by atoms with E-state index in [2.05, 4.69) is 0 Å². The first-order valence-corrected chi connectivity index (χ1v) is 5.73. The highest BCUT2D eigenvalue weighted by molar-refractivity contribution is 5.79. The van der Waals surface area contributed by atoms with Crippen LogP contribution in [0.1, 0.15) is 26.7 Å². The molecule has 1 amide bonds. The number of hydrogen-bond donors (Lipinski definition) is 2. The molecule has 2 unspecified atom stereocenters. The number of carbonyl (C=O) groups is 1. The van der Waals surface area contributed by atoms with Crippen LogP contribution in [0.3, 0.4) is 0 Å². The molecule has 0 aromatic carbocycles. The Morgan fingerprint density at radius 1 is 1.60 bits per heavy atom. The van der Waals surface area contributed by atoms with Gasteiger partial charge in [0.25, 0.3) is 0 Å². The van der Waals surface area contributed by atoms with Crippen LogP contribution in [0.2, 0.25) is 0 Å². The molecule has 1 saturated heterocycles. The molecule has 1 fully saturated rings. The van der Waals surface area contributed by atoms with E-state index in [1.807, 2.05) is 13.8 Å². The Bertz CT molecular complexity index is 219. The van der Waals surface area contributed by atoms with Gasteiger partial charge >= 0.3 is 0 Å². The van der Waals surface area contributed by atoms with Gasteiger partial charge in [0.15, 0.2) is 0 Å². The molecule has 4 nitrogen and oxygen atoms in total. The van der Waals surface area contributed by atoms with Crippen LogP contribution >= 0.6 is 0 Å². The first kappa shape index (κ1) is 12.5. The van der Waals surface area contributed by atoms with Gasteiger partial charge in [-0.2, -0.15) is 0 Å². The summed E-state index contributed by atoms with van der Waals surface area (Å²) in [6, 6.07) is 0. The van der Waals surface area contributed by atoms with Gasteiger partial charge in [-0.05, 0) is 18.8 Å². The Labute approximate surface area is 91.4 Å². The van der Waals surface area contributed by atoms with Gasteiger partial charge in [-0.3, -0.25) is 4.79 Å². The molecule has 15 heavy (non-hydrogen) atoms. The summed E-state index contributed by atoms with van der Waals surface area (Å²) in [5.74, 6) is 0.267. The second-order valence-electron chi connectivity index (χ2n) is 4.67. The van der Waals surface area contributed by atoms with E-state index in [9.17, 15) is 9.90 Å². The van der Waals surface area contributed by atoms with Crippen molar-refractivity contribution in [2.45, 2.75) is 32.8 Å². The SMILES string of the molecule is CC(C)C(CN)C(=O)N1CCCC(O)C1. The van der Waals surface area contributed by atoms with Gasteiger partial charge in [0.05, 0.1) is 12.0 Å². The lowest BCUT2D eigenvalue weighted by molar-refractivity contribution is -0.139. The smallest absolute Gasteiger partial charge is 0.227 e. The quantitative estimate of drug-likeness (QED) is 0.705. The largest absolute Gasteiger partial charge is 0.391 e. The zero-order valence-electron chi connectivity index (χ0n) is 9.65. The number of hydrogen-bond acceptors (Lipinski definition) is 3. The van der Waals surface area contributed by atoms with Crippen molar-refractivity contribution in [2.24, 2.45) is 17.6 Å². The summed E-state index contributed by atoms with van der Waals surface area (Å²) >= 11 is 0. The van der Waals surface area contributed by atoms with Crippen molar-refractivity contribution in [2.75, 3.05) is 19.6 Å². The number of aliphatic hydroxyl groups excluding tert-OH is 1. The minimum atomic E-state index is -0.353. The molecule has 0 aromatic heterocycles. The van der Waals surface area contributed by atoms with Gasteiger partial charge in [0.2, 0.25) is 5.91 Å². The molecule has 0 radical (unpaired) electrons. The average molecular weight is 214 g/mol. The van der Waals surface area contributed by atoms with Crippen LogP contribution in [0.25, 0.3) is 0 Å². The number of nitrogens with two attached hydrogens (primary N) is 1. The van der Waals surface area contributed by atoms with Crippen molar-refractivity contribution in [1.82, 2.24) is 4.90 Å². The number of likely N-dealkylation sites (tertiary alicyclic amines) is 1. The first-order chi connectivity index (χ1) is 7.06. The van der Waals surface area contributed by atoms with Gasteiger partial charge in [-0.25, -0.2) is 0 Å². The van der Waals surface area contributed by atoms with Gasteiger partial charge in [-0.1, -0.05) is 13.8 Å². The summed E-state index contributed by atoms with van der Waals surface area (Å²) in [4.78, 5) is 13.8. The summed E-state index contributed by atoms with van der Waals surface area (Å²) in [7, 11) is 0. The third kappa shape index (κ3) is 3.18. The monoisotopic (exact) mass is 214 g/mol. The fourth-order valence-electron chi connectivity index (χ4n) is 2.05. The number of nitrogens with zero attached hydrogens (tertiary/aromatic N) is 1. The molecule has 1 rings (SSSR count). The Hall–Kier alpha value is -0.610. The van der Waals surface area contributed by atoms with Crippen molar-refractivity contribution in [3.63, 3.8) is 0 Å². The van der Waals surface area contributed by atoms with Crippen molar-refractivity contribution in [3.05, 3.63) is 0 Å². The molecule has 0 spiro atoms. The average Bonchev–Trinajstić information content (AvgIpc) is 2.18. The van der Waals surface area contributed by atoms with Crippen LogP contribution in [-0.4, -0.2) is 41.7 Å². The van der Waals surface area contributed by atoms with Crippen LogP contribution in [0.15, 0.2) is 0 Å². The van der Waals surface area contributed by atoms with Crippen LogP contribution in [0.4, 0.5) is 0 Å². The minimum absolute atomic E-state index is 0.102. The Morgan fingerprint density at radius 2 is 2.27 bits per heavy atom. The van der Waals surface area contributed by atoms with Gasteiger partial charge in [0, 0.05) is 19.6 Å². The summed E-state index contributed by atoms with van der Waals surface area (Å²) < 4.78 is 0. The molecule has 0 aromatic rings. The molecule has 0 saturated carbocycles. The van der Waals surface area contributed by atoms with Gasteiger partial charge < -0.3 is 15.7 Å². The predicted octanol–water partition coefficient (Wildman–Crippen LogP) is 0.201. The van der Waals surface area contributed by atoms with E-state index in [0.29, 0.717) is 13.1 Å². The maximum atomic E-state index is 12.1. The normalized spacial score (nSPS) is 24.3. The molecule has 1 heterocycles. The van der Waals surface area contributed by atoms with Crippen LogP contribution in [0, 0.1) is 11.8 Å². The highest BCUT2D eigenvalue weighted by Crippen LogP contribution is 2.17. The lowest BCUT2D eigenvalue weighted by Gasteiger charge is -2.33. The molecule has 1 aliphatic rings. The Kier molecular flexibility index (Phi) is 4.54. The molecule has 0 bridgehead atoms. The second kappa shape index (κ2) is 5.47. The second-order valence-corrected chi connectivity index (χ2v) is 4.67. The van der Waals surface area contributed by atoms with E-state index in [1.54, 1.807) is 4.90 Å². The molecule has 4 heteroatoms. The molecular formula is C11H22N2O2. The highest BCUT2D eigenvalue weighted by Gasteiger charge is 2.28. The lowest BCUT2D eigenvalue weighted by atomic mass is 9.93. The molecule has 1 aliphatic heterocycles. The van der Waals surface area contributed by atoms with Crippen molar-refractivity contribution in [1.29, 1.82) is 0 Å². The summed E-state index contributed by atoms with van der Waals surface area (Å²) in [5.41, 5.74) is 5.61. The van der Waals surface area contributed by atoms with Crippen LogP contribution in [-0.2, 0) is 4.79 Å². The molecule has 0 aliphatic carbocycles. The standard InChI is InChI=1S/C11H22N2O2/c1-8(2)10(6-12)11(15)13-5-3-4-9(14)7-13/h8-10,14H,3-7,12H2,1-2H3. The van der Waals surface area contributed by atoms with Crippen molar-refractivity contribution >= 4 is 5.91 Å². The van der Waals surface area contributed by atoms with E-state index in [-0.39, 0.29) is 23.8 Å². The minimum Gasteiger partial charge on any atom is -0.391 e. The summed E-state index contributed by atoms with van der Waals surface area (Å²) in [5, 5.41) is 9.50.